The lowest BCUT2D eigenvalue weighted by Crippen LogP contribution is -2.67. The van der Waals surface area contributed by atoms with E-state index in [-0.39, 0.29) is 25.5 Å². The van der Waals surface area contributed by atoms with Crippen molar-refractivity contribution >= 4 is 41.0 Å². The number of ether oxygens (including phenoxy) is 3. The number of morpholine rings is 1. The van der Waals surface area contributed by atoms with E-state index in [1.807, 2.05) is 0 Å². The van der Waals surface area contributed by atoms with Crippen LogP contribution in [0.15, 0.2) is 30.4 Å². The van der Waals surface area contributed by atoms with Crippen LogP contribution in [0.1, 0.15) is 18.4 Å². The molecule has 2 fully saturated rings. The molecule has 1 aromatic carbocycles. The van der Waals surface area contributed by atoms with E-state index in [0.29, 0.717) is 22.2 Å². The summed E-state index contributed by atoms with van der Waals surface area (Å²) in [6.45, 7) is 2.32. The normalized spacial score (nSPS) is 23.5. The van der Waals surface area contributed by atoms with Gasteiger partial charge in [-0.3, -0.25) is 4.79 Å². The predicted molar refractivity (Wildman–Crippen MR) is 111 cm³/mol. The van der Waals surface area contributed by atoms with E-state index in [0.717, 1.165) is 38.1 Å². The van der Waals surface area contributed by atoms with Crippen molar-refractivity contribution in [1.82, 2.24) is 9.80 Å². The first-order valence-electron chi connectivity index (χ1n) is 10.1. The molecule has 0 aliphatic carbocycles. The van der Waals surface area contributed by atoms with E-state index in [1.54, 1.807) is 23.1 Å². The topological polar surface area (TPSA) is 85.4 Å². The van der Waals surface area contributed by atoms with Gasteiger partial charge >= 0.3 is 17.9 Å². The zero-order valence-electron chi connectivity index (χ0n) is 16.7. The van der Waals surface area contributed by atoms with Gasteiger partial charge in [0.15, 0.2) is 6.04 Å². The maximum Gasteiger partial charge on any atom is 0.399 e. The highest BCUT2D eigenvalue weighted by molar-refractivity contribution is 6.42. The van der Waals surface area contributed by atoms with Crippen molar-refractivity contribution < 1.29 is 28.6 Å². The molecule has 10 heteroatoms. The van der Waals surface area contributed by atoms with Gasteiger partial charge in [-0.1, -0.05) is 29.3 Å². The van der Waals surface area contributed by atoms with Crippen LogP contribution >= 0.6 is 23.2 Å². The average Bonchev–Trinajstić information content (AvgIpc) is 3.19. The summed E-state index contributed by atoms with van der Waals surface area (Å²) < 4.78 is 16.6. The third kappa shape index (κ3) is 4.87. The van der Waals surface area contributed by atoms with Gasteiger partial charge in [-0.15, -0.1) is 0 Å². The second kappa shape index (κ2) is 9.16. The summed E-state index contributed by atoms with van der Waals surface area (Å²) >= 11 is 12.1. The molecule has 0 radical (unpaired) electrons. The van der Waals surface area contributed by atoms with E-state index >= 15 is 0 Å². The quantitative estimate of drug-likeness (QED) is 0.625. The number of amides is 1. The second-order valence-corrected chi connectivity index (χ2v) is 8.48. The van der Waals surface area contributed by atoms with Gasteiger partial charge < -0.3 is 24.0 Å². The molecule has 3 heterocycles. The molecule has 0 aromatic heterocycles. The Bertz CT molecular complexity index is 895. The number of rotatable bonds is 4. The highest BCUT2D eigenvalue weighted by Crippen LogP contribution is 2.33. The van der Waals surface area contributed by atoms with Crippen LogP contribution < -0.4 is 0 Å². The van der Waals surface area contributed by atoms with Crippen molar-refractivity contribution in [2.24, 2.45) is 0 Å². The Morgan fingerprint density at radius 3 is 2.35 bits per heavy atom. The van der Waals surface area contributed by atoms with Gasteiger partial charge in [0.1, 0.15) is 0 Å². The number of likely N-dealkylation sites (tertiary alicyclic amines) is 1. The zero-order chi connectivity index (χ0) is 22.0. The average molecular weight is 469 g/mol. The smallest absolute Gasteiger partial charge is 0.393 e. The van der Waals surface area contributed by atoms with Crippen LogP contribution in [0.25, 0.3) is 0 Å². The molecule has 0 N–H and O–H groups in total. The fraction of sp³-hybridized carbons (Fsp3) is 0.476. The number of nitrogens with zero attached hydrogens (tertiary/aromatic N) is 2. The molecule has 166 valence electrons. The van der Waals surface area contributed by atoms with Gasteiger partial charge in [-0.2, -0.15) is 0 Å². The Kier molecular flexibility index (Phi) is 6.52. The van der Waals surface area contributed by atoms with Crippen LogP contribution in [0.3, 0.4) is 0 Å². The first kappa shape index (κ1) is 22.1. The molecule has 1 atom stereocenters. The van der Waals surface area contributed by atoms with Crippen LogP contribution in [0.5, 0.6) is 0 Å². The van der Waals surface area contributed by atoms with Crippen molar-refractivity contribution in [2.45, 2.75) is 31.3 Å². The van der Waals surface area contributed by atoms with Gasteiger partial charge in [-0.05, 0) is 43.6 Å². The first-order chi connectivity index (χ1) is 14.9. The van der Waals surface area contributed by atoms with Gasteiger partial charge in [0.05, 0.1) is 23.1 Å². The number of benzene rings is 1. The molecule has 2 saturated heterocycles. The number of carbonyl (C=O) groups excluding carboxylic acids is 3. The molecule has 3 aliphatic heterocycles. The van der Waals surface area contributed by atoms with Crippen LogP contribution in [0.2, 0.25) is 10.0 Å². The summed E-state index contributed by atoms with van der Waals surface area (Å²) in [4.78, 5) is 41.3. The largest absolute Gasteiger partial charge is 0.399 e. The minimum atomic E-state index is -1.99. The summed E-state index contributed by atoms with van der Waals surface area (Å²) in [5.74, 6) is -3.76. The molecule has 1 unspecified atom stereocenters. The number of hydrogen-bond acceptors (Lipinski definition) is 7. The Hall–Kier alpha value is -2.13. The molecular formula is C21H22Cl2N2O6. The minimum Gasteiger partial charge on any atom is -0.393 e. The molecule has 1 aromatic rings. The Balaban J connectivity index is 1.62. The Labute approximate surface area is 189 Å². The maximum atomic E-state index is 13.3. The van der Waals surface area contributed by atoms with Crippen LogP contribution in [-0.2, 0) is 35.0 Å². The molecule has 0 saturated carbocycles. The van der Waals surface area contributed by atoms with E-state index < -0.39 is 24.0 Å². The third-order valence-electron chi connectivity index (χ3n) is 5.55. The van der Waals surface area contributed by atoms with Crippen molar-refractivity contribution in [3.05, 3.63) is 46.0 Å². The predicted octanol–water partition coefficient (Wildman–Crippen LogP) is 2.17. The standard InChI is InChI=1S/C21H22Cl2N2O6/c22-15-4-3-14(11-16(15)23)12-18(26)25-9-10-29-21(17(25)13-24-7-1-2-8-24)30-19(27)5-6-20(28)31-21/h3-6,11,17H,1-2,7-10,12-13H2. The van der Waals surface area contributed by atoms with Crippen molar-refractivity contribution in [3.8, 4) is 0 Å². The van der Waals surface area contributed by atoms with Crippen molar-refractivity contribution in [2.75, 3.05) is 32.8 Å². The van der Waals surface area contributed by atoms with Crippen molar-refractivity contribution in [1.29, 1.82) is 0 Å². The van der Waals surface area contributed by atoms with Gasteiger partial charge in [0.25, 0.3) is 0 Å². The molecular weight excluding hydrogens is 447 g/mol. The van der Waals surface area contributed by atoms with Gasteiger partial charge in [-0.25, -0.2) is 9.59 Å². The van der Waals surface area contributed by atoms with Crippen LogP contribution in [-0.4, -0.2) is 72.4 Å². The summed E-state index contributed by atoms with van der Waals surface area (Å²) in [6, 6.07) is 4.19. The molecule has 4 rings (SSSR count). The molecule has 0 bridgehead atoms. The summed E-state index contributed by atoms with van der Waals surface area (Å²) in [6.07, 6.45) is 4.09. The maximum absolute atomic E-state index is 13.3. The fourth-order valence-electron chi connectivity index (χ4n) is 4.07. The second-order valence-electron chi connectivity index (χ2n) is 7.66. The Morgan fingerprint density at radius 2 is 1.71 bits per heavy atom. The number of hydrogen-bond donors (Lipinski definition) is 0. The summed E-state index contributed by atoms with van der Waals surface area (Å²) in [7, 11) is 0. The summed E-state index contributed by atoms with van der Waals surface area (Å²) in [5, 5.41) is 0.761. The fourth-order valence-corrected chi connectivity index (χ4v) is 4.39. The van der Waals surface area contributed by atoms with E-state index in [9.17, 15) is 14.4 Å². The molecule has 1 spiro atoms. The minimum absolute atomic E-state index is 0.0458. The number of halogens is 2. The lowest BCUT2D eigenvalue weighted by molar-refractivity contribution is -0.379. The van der Waals surface area contributed by atoms with Gasteiger partial charge in [0, 0.05) is 25.2 Å². The number of carbonyl (C=O) groups is 3. The lowest BCUT2D eigenvalue weighted by atomic mass is 10.1. The van der Waals surface area contributed by atoms with E-state index in [2.05, 4.69) is 4.90 Å². The SMILES string of the molecule is O=C1C=CC(=O)OC2(OCCN(C(=O)Cc3ccc(Cl)c(Cl)c3)C2CN2CCCC2)O1. The highest BCUT2D eigenvalue weighted by atomic mass is 35.5. The number of esters is 2. The highest BCUT2D eigenvalue weighted by Gasteiger charge is 2.56. The molecule has 31 heavy (non-hydrogen) atoms. The molecule has 1 amide bonds. The third-order valence-corrected chi connectivity index (χ3v) is 6.29. The van der Waals surface area contributed by atoms with Crippen LogP contribution in [0, 0.1) is 0 Å². The first-order valence-corrected chi connectivity index (χ1v) is 10.9. The van der Waals surface area contributed by atoms with Crippen LogP contribution in [0.4, 0.5) is 0 Å². The van der Waals surface area contributed by atoms with Gasteiger partial charge in [0.2, 0.25) is 5.91 Å². The Morgan fingerprint density at radius 1 is 1.03 bits per heavy atom. The van der Waals surface area contributed by atoms with E-state index in [1.165, 1.54) is 0 Å². The lowest BCUT2D eigenvalue weighted by Gasteiger charge is -2.47. The van der Waals surface area contributed by atoms with E-state index in [4.69, 9.17) is 37.4 Å². The monoisotopic (exact) mass is 468 g/mol. The zero-order valence-corrected chi connectivity index (χ0v) is 18.2. The molecule has 3 aliphatic rings. The van der Waals surface area contributed by atoms with Crippen molar-refractivity contribution in [3.63, 3.8) is 0 Å². The molecule has 8 nitrogen and oxygen atoms in total. The summed E-state index contributed by atoms with van der Waals surface area (Å²) in [5.41, 5.74) is 0.691.